The molecule has 7 heteroatoms. The summed E-state index contributed by atoms with van der Waals surface area (Å²) in [6.45, 7) is 1.98. The number of hydrogen-bond acceptors (Lipinski definition) is 6. The van der Waals surface area contributed by atoms with Crippen molar-refractivity contribution in [2.75, 3.05) is 21.3 Å². The van der Waals surface area contributed by atoms with E-state index >= 15 is 0 Å². The molecule has 0 aliphatic heterocycles. The predicted molar refractivity (Wildman–Crippen MR) is 104 cm³/mol. The molecule has 0 aliphatic carbocycles. The highest BCUT2D eigenvalue weighted by Gasteiger charge is 2.19. The Hall–Kier alpha value is -3.48. The molecule has 1 N–H and O–H groups in total. The molecule has 0 spiro atoms. The fraction of sp³-hybridized carbons (Fsp3) is 0.238. The molecule has 7 nitrogen and oxygen atoms in total. The van der Waals surface area contributed by atoms with Crippen molar-refractivity contribution >= 4 is 5.91 Å². The zero-order chi connectivity index (χ0) is 20.1. The first-order valence-corrected chi connectivity index (χ1v) is 8.67. The van der Waals surface area contributed by atoms with E-state index in [0.717, 1.165) is 11.1 Å². The quantitative estimate of drug-likeness (QED) is 0.672. The summed E-state index contributed by atoms with van der Waals surface area (Å²) in [6.07, 6.45) is 0. The van der Waals surface area contributed by atoms with Crippen molar-refractivity contribution < 1.29 is 23.4 Å². The molecule has 146 valence electrons. The molecule has 0 unspecified atom stereocenters. The first kappa shape index (κ1) is 19.3. The maximum absolute atomic E-state index is 12.6. The number of amides is 1. The van der Waals surface area contributed by atoms with Crippen LogP contribution in [0.15, 0.2) is 46.9 Å². The lowest BCUT2D eigenvalue weighted by molar-refractivity contribution is 0.0945. The van der Waals surface area contributed by atoms with Gasteiger partial charge in [-0.05, 0) is 36.8 Å². The van der Waals surface area contributed by atoms with Gasteiger partial charge in [-0.25, -0.2) is 4.98 Å². The number of rotatable bonds is 7. The number of nitrogens with one attached hydrogen (secondary N) is 1. The maximum atomic E-state index is 12.6. The van der Waals surface area contributed by atoms with E-state index in [-0.39, 0.29) is 18.1 Å². The van der Waals surface area contributed by atoms with E-state index in [1.807, 2.05) is 30.3 Å². The molecular formula is C21H22N2O5. The van der Waals surface area contributed by atoms with Crippen LogP contribution in [0.25, 0.3) is 11.5 Å². The Morgan fingerprint density at radius 1 is 1.04 bits per heavy atom. The Balaban J connectivity index is 1.77. The Morgan fingerprint density at radius 2 is 1.68 bits per heavy atom. The van der Waals surface area contributed by atoms with Gasteiger partial charge in [-0.15, -0.1) is 0 Å². The molecule has 3 aromatic rings. The molecule has 3 rings (SSSR count). The van der Waals surface area contributed by atoms with Crippen LogP contribution < -0.4 is 19.5 Å². The van der Waals surface area contributed by atoms with Gasteiger partial charge < -0.3 is 23.9 Å². The van der Waals surface area contributed by atoms with Gasteiger partial charge in [-0.1, -0.05) is 18.2 Å². The van der Waals surface area contributed by atoms with Crippen LogP contribution in [0.2, 0.25) is 0 Å². The van der Waals surface area contributed by atoms with Gasteiger partial charge in [0.1, 0.15) is 5.76 Å². The van der Waals surface area contributed by atoms with Crippen LogP contribution >= 0.6 is 0 Å². The number of aromatic nitrogens is 1. The third-order valence-corrected chi connectivity index (χ3v) is 4.21. The lowest BCUT2D eigenvalue weighted by Crippen LogP contribution is -2.24. The minimum Gasteiger partial charge on any atom is -0.493 e. The average Bonchev–Trinajstić information content (AvgIpc) is 3.13. The van der Waals surface area contributed by atoms with Crippen molar-refractivity contribution in [1.82, 2.24) is 10.3 Å². The van der Waals surface area contributed by atoms with E-state index in [1.165, 1.54) is 0 Å². The topological polar surface area (TPSA) is 82.8 Å². The normalized spacial score (nSPS) is 10.4. The molecule has 0 fully saturated rings. The third-order valence-electron chi connectivity index (χ3n) is 4.21. The number of nitrogens with zero attached hydrogens (tertiary/aromatic N) is 1. The van der Waals surface area contributed by atoms with Crippen LogP contribution in [-0.2, 0) is 6.54 Å². The fourth-order valence-corrected chi connectivity index (χ4v) is 2.81. The number of ether oxygens (including phenoxy) is 3. The fourth-order valence-electron chi connectivity index (χ4n) is 2.81. The van der Waals surface area contributed by atoms with Gasteiger partial charge in [0.05, 0.1) is 21.3 Å². The molecule has 0 aliphatic rings. The van der Waals surface area contributed by atoms with Crippen LogP contribution in [0.4, 0.5) is 0 Å². The summed E-state index contributed by atoms with van der Waals surface area (Å²) in [4.78, 5) is 16.9. The van der Waals surface area contributed by atoms with Crippen molar-refractivity contribution in [2.45, 2.75) is 13.5 Å². The van der Waals surface area contributed by atoms with Gasteiger partial charge >= 0.3 is 0 Å². The van der Waals surface area contributed by atoms with E-state index in [2.05, 4.69) is 10.3 Å². The van der Waals surface area contributed by atoms with Gasteiger partial charge in [-0.3, -0.25) is 4.79 Å². The van der Waals surface area contributed by atoms with E-state index in [1.54, 1.807) is 40.4 Å². The summed E-state index contributed by atoms with van der Waals surface area (Å²) in [7, 11) is 4.63. The summed E-state index contributed by atoms with van der Waals surface area (Å²) in [5.41, 5.74) is 1.87. The summed E-state index contributed by atoms with van der Waals surface area (Å²) >= 11 is 0. The number of carbonyl (C=O) groups is 1. The van der Waals surface area contributed by atoms with Crippen molar-refractivity contribution in [1.29, 1.82) is 0 Å². The number of methoxy groups -OCH3 is 3. The van der Waals surface area contributed by atoms with Gasteiger partial charge in [0, 0.05) is 12.1 Å². The predicted octanol–water partition coefficient (Wildman–Crippen LogP) is 3.61. The molecule has 0 saturated heterocycles. The van der Waals surface area contributed by atoms with Crippen LogP contribution in [0.5, 0.6) is 17.2 Å². The van der Waals surface area contributed by atoms with Crippen molar-refractivity contribution in [3.05, 3.63) is 59.5 Å². The molecule has 1 heterocycles. The smallest absolute Gasteiger partial charge is 0.273 e. The highest BCUT2D eigenvalue weighted by molar-refractivity contribution is 5.93. The van der Waals surface area contributed by atoms with Crippen LogP contribution in [0, 0.1) is 6.92 Å². The standard InChI is InChI=1S/C21H22N2O5/c1-13-18(23-21(28-13)15-8-6-5-7-9-15)20(24)22-12-14-10-16(25-2)19(27-4)17(11-14)26-3/h5-11H,12H2,1-4H3,(H,22,24). The zero-order valence-electron chi connectivity index (χ0n) is 16.2. The van der Waals surface area contributed by atoms with Gasteiger partial charge in [0.2, 0.25) is 11.6 Å². The third kappa shape index (κ3) is 3.93. The number of carbonyl (C=O) groups excluding carboxylic acids is 1. The molecule has 1 amide bonds. The van der Waals surface area contributed by atoms with Gasteiger partial charge in [0.25, 0.3) is 5.91 Å². The maximum Gasteiger partial charge on any atom is 0.273 e. The lowest BCUT2D eigenvalue weighted by Gasteiger charge is -2.14. The van der Waals surface area contributed by atoms with Crippen molar-refractivity contribution in [3.63, 3.8) is 0 Å². The summed E-state index contributed by atoms with van der Waals surface area (Å²) in [6, 6.07) is 13.0. The molecule has 0 atom stereocenters. The highest BCUT2D eigenvalue weighted by atomic mass is 16.5. The summed E-state index contributed by atoms with van der Waals surface area (Å²) in [5, 5.41) is 2.85. The number of benzene rings is 2. The molecule has 28 heavy (non-hydrogen) atoms. The Bertz CT molecular complexity index is 941. The molecule has 0 bridgehead atoms. The largest absolute Gasteiger partial charge is 0.493 e. The van der Waals surface area contributed by atoms with Crippen LogP contribution in [0.1, 0.15) is 21.8 Å². The summed E-state index contributed by atoms with van der Waals surface area (Å²) < 4.78 is 21.6. The van der Waals surface area contributed by atoms with E-state index < -0.39 is 0 Å². The highest BCUT2D eigenvalue weighted by Crippen LogP contribution is 2.38. The van der Waals surface area contributed by atoms with E-state index in [9.17, 15) is 4.79 Å². The average molecular weight is 382 g/mol. The second-order valence-corrected chi connectivity index (χ2v) is 6.01. The Kier molecular flexibility index (Phi) is 5.84. The van der Waals surface area contributed by atoms with Crippen molar-refractivity contribution in [2.24, 2.45) is 0 Å². The monoisotopic (exact) mass is 382 g/mol. The minimum absolute atomic E-state index is 0.256. The number of oxazole rings is 1. The van der Waals surface area contributed by atoms with Crippen LogP contribution in [0.3, 0.4) is 0 Å². The van der Waals surface area contributed by atoms with E-state index in [4.69, 9.17) is 18.6 Å². The Morgan fingerprint density at radius 3 is 2.25 bits per heavy atom. The molecule has 2 aromatic carbocycles. The Labute approximate surface area is 163 Å². The molecule has 1 aromatic heterocycles. The minimum atomic E-state index is -0.322. The second-order valence-electron chi connectivity index (χ2n) is 6.01. The van der Waals surface area contributed by atoms with E-state index in [0.29, 0.717) is 28.9 Å². The second kappa shape index (κ2) is 8.47. The first-order chi connectivity index (χ1) is 13.6. The lowest BCUT2D eigenvalue weighted by atomic mass is 10.1. The number of aryl methyl sites for hydroxylation is 1. The SMILES string of the molecule is COc1cc(CNC(=O)c2nc(-c3ccccc3)oc2C)cc(OC)c1OC. The zero-order valence-corrected chi connectivity index (χ0v) is 16.2. The molecule has 0 saturated carbocycles. The molecule has 0 radical (unpaired) electrons. The van der Waals surface area contributed by atoms with Crippen LogP contribution in [-0.4, -0.2) is 32.2 Å². The summed E-state index contributed by atoms with van der Waals surface area (Å²) in [5.74, 6) is 2.10. The van der Waals surface area contributed by atoms with Gasteiger partial charge in [0.15, 0.2) is 17.2 Å². The van der Waals surface area contributed by atoms with Crippen molar-refractivity contribution in [3.8, 4) is 28.7 Å². The first-order valence-electron chi connectivity index (χ1n) is 8.67. The van der Waals surface area contributed by atoms with Gasteiger partial charge in [-0.2, -0.15) is 0 Å². The molecular weight excluding hydrogens is 360 g/mol. The number of hydrogen-bond donors (Lipinski definition) is 1.